The summed E-state index contributed by atoms with van der Waals surface area (Å²) >= 11 is 3.62. The molecule has 0 spiro atoms. The molecular weight excluding hydrogens is 312 g/mol. The van der Waals surface area contributed by atoms with Gasteiger partial charge in [0.2, 0.25) is 0 Å². The van der Waals surface area contributed by atoms with Crippen molar-refractivity contribution in [2.24, 2.45) is 0 Å². The molecule has 2 aromatic rings. The van der Waals surface area contributed by atoms with Gasteiger partial charge in [-0.15, -0.1) is 0 Å². The molecule has 0 aliphatic heterocycles. The minimum absolute atomic E-state index is 0.576. The van der Waals surface area contributed by atoms with Crippen molar-refractivity contribution in [3.8, 4) is 0 Å². The molecular formula is C17H21BrN2. The Morgan fingerprint density at radius 1 is 0.950 bits per heavy atom. The molecule has 1 N–H and O–H groups in total. The normalized spacial score (nSPS) is 17.6. The highest BCUT2D eigenvalue weighted by atomic mass is 79.9. The Morgan fingerprint density at radius 2 is 1.70 bits per heavy atom. The van der Waals surface area contributed by atoms with E-state index in [9.17, 15) is 0 Å². The van der Waals surface area contributed by atoms with Crippen molar-refractivity contribution in [2.45, 2.75) is 51.0 Å². The lowest BCUT2D eigenvalue weighted by Gasteiger charge is -2.22. The molecule has 0 radical (unpaired) electrons. The fraction of sp³-hybridized carbons (Fsp3) is 0.471. The Morgan fingerprint density at radius 3 is 2.50 bits per heavy atom. The van der Waals surface area contributed by atoms with Crippen LogP contribution in [0.25, 0.3) is 10.8 Å². The summed E-state index contributed by atoms with van der Waals surface area (Å²) < 4.78 is 1.14. The van der Waals surface area contributed by atoms with E-state index in [4.69, 9.17) is 0 Å². The van der Waals surface area contributed by atoms with Crippen LogP contribution in [0.3, 0.4) is 0 Å². The number of halogens is 1. The van der Waals surface area contributed by atoms with Gasteiger partial charge in [-0.25, -0.2) is 4.98 Å². The molecule has 0 saturated heterocycles. The number of anilines is 1. The Kier molecular flexibility index (Phi) is 4.56. The Bertz CT molecular complexity index is 574. The van der Waals surface area contributed by atoms with Gasteiger partial charge < -0.3 is 5.32 Å². The van der Waals surface area contributed by atoms with E-state index in [2.05, 4.69) is 50.5 Å². The van der Waals surface area contributed by atoms with Crippen LogP contribution in [0.15, 0.2) is 34.9 Å². The predicted molar refractivity (Wildman–Crippen MR) is 89.2 cm³/mol. The number of pyridine rings is 1. The lowest BCUT2D eigenvalue weighted by Crippen LogP contribution is -2.21. The first kappa shape index (κ1) is 13.9. The molecule has 3 heteroatoms. The minimum Gasteiger partial charge on any atom is -0.367 e. The molecule has 0 bridgehead atoms. The zero-order valence-corrected chi connectivity index (χ0v) is 13.3. The van der Waals surface area contributed by atoms with Crippen molar-refractivity contribution in [1.29, 1.82) is 0 Å². The maximum absolute atomic E-state index is 4.56. The molecule has 0 atom stereocenters. The molecule has 106 valence electrons. The van der Waals surface area contributed by atoms with E-state index in [1.54, 1.807) is 0 Å². The number of benzene rings is 1. The van der Waals surface area contributed by atoms with Gasteiger partial charge in [-0.2, -0.15) is 0 Å². The maximum atomic E-state index is 4.56. The highest BCUT2D eigenvalue weighted by molar-refractivity contribution is 9.10. The Labute approximate surface area is 129 Å². The van der Waals surface area contributed by atoms with Crippen LogP contribution in [-0.2, 0) is 0 Å². The number of nitrogens with one attached hydrogen (secondary N) is 1. The summed E-state index contributed by atoms with van der Waals surface area (Å²) in [5.74, 6) is 1.04. The van der Waals surface area contributed by atoms with Crippen LogP contribution in [0.2, 0.25) is 0 Å². The number of hydrogen-bond acceptors (Lipinski definition) is 2. The average Bonchev–Trinajstić information content (AvgIpc) is 2.43. The van der Waals surface area contributed by atoms with E-state index in [1.165, 1.54) is 55.7 Å². The first-order valence-corrected chi connectivity index (χ1v) is 8.43. The predicted octanol–water partition coefficient (Wildman–Crippen LogP) is 5.52. The lowest BCUT2D eigenvalue weighted by atomic mass is 9.96. The maximum Gasteiger partial charge on any atom is 0.134 e. The van der Waals surface area contributed by atoms with Gasteiger partial charge in [-0.1, -0.05) is 60.2 Å². The van der Waals surface area contributed by atoms with Crippen LogP contribution in [-0.4, -0.2) is 11.0 Å². The second kappa shape index (κ2) is 6.57. The summed E-state index contributed by atoms with van der Waals surface area (Å²) in [6.07, 6.45) is 11.3. The molecule has 2 nitrogen and oxygen atoms in total. The van der Waals surface area contributed by atoms with Gasteiger partial charge in [0.25, 0.3) is 0 Å². The Balaban J connectivity index is 1.84. The monoisotopic (exact) mass is 332 g/mol. The number of nitrogens with zero attached hydrogens (tertiary/aromatic N) is 1. The van der Waals surface area contributed by atoms with E-state index < -0.39 is 0 Å². The van der Waals surface area contributed by atoms with Gasteiger partial charge in [0, 0.05) is 27.5 Å². The van der Waals surface area contributed by atoms with Gasteiger partial charge >= 0.3 is 0 Å². The highest BCUT2D eigenvalue weighted by Crippen LogP contribution is 2.29. The topological polar surface area (TPSA) is 24.9 Å². The second-order valence-electron chi connectivity index (χ2n) is 5.68. The molecule has 0 unspecified atom stereocenters. The standard InChI is InChI=1S/C17H21BrN2/c18-16-10-6-9-15-14(16)11-12-19-17(15)20-13-7-4-2-1-3-5-8-13/h6,9-13H,1-5,7-8H2,(H,19,20). The van der Waals surface area contributed by atoms with E-state index in [0.29, 0.717) is 6.04 Å². The SMILES string of the molecule is Brc1cccc2c(NC3CCCCCCC3)nccc12. The third-order valence-corrected chi connectivity index (χ3v) is 4.89. The van der Waals surface area contributed by atoms with Gasteiger partial charge in [0.15, 0.2) is 0 Å². The molecule has 1 heterocycles. The molecule has 1 fully saturated rings. The number of aromatic nitrogens is 1. The Hall–Kier alpha value is -1.09. The summed E-state index contributed by atoms with van der Waals surface area (Å²) in [7, 11) is 0. The first-order chi connectivity index (χ1) is 9.84. The summed E-state index contributed by atoms with van der Waals surface area (Å²) in [5.41, 5.74) is 0. The molecule has 20 heavy (non-hydrogen) atoms. The van der Waals surface area contributed by atoms with Crippen LogP contribution in [0.5, 0.6) is 0 Å². The molecule has 0 amide bonds. The molecule has 3 rings (SSSR count). The quantitative estimate of drug-likeness (QED) is 0.782. The van der Waals surface area contributed by atoms with Crippen molar-refractivity contribution in [2.75, 3.05) is 5.32 Å². The van der Waals surface area contributed by atoms with E-state index in [-0.39, 0.29) is 0 Å². The van der Waals surface area contributed by atoms with Crippen LogP contribution < -0.4 is 5.32 Å². The van der Waals surface area contributed by atoms with Crippen LogP contribution in [0.4, 0.5) is 5.82 Å². The fourth-order valence-electron chi connectivity index (χ4n) is 3.08. The van der Waals surface area contributed by atoms with E-state index in [1.807, 2.05) is 6.20 Å². The smallest absolute Gasteiger partial charge is 0.134 e. The van der Waals surface area contributed by atoms with Crippen molar-refractivity contribution in [1.82, 2.24) is 4.98 Å². The fourth-order valence-corrected chi connectivity index (χ4v) is 3.58. The van der Waals surface area contributed by atoms with Gasteiger partial charge in [-0.3, -0.25) is 0 Å². The molecule has 1 aliphatic carbocycles. The summed E-state index contributed by atoms with van der Waals surface area (Å²) in [6.45, 7) is 0. The third kappa shape index (κ3) is 3.14. The molecule has 1 aromatic carbocycles. The van der Waals surface area contributed by atoms with Crippen LogP contribution in [0, 0.1) is 0 Å². The van der Waals surface area contributed by atoms with E-state index in [0.717, 1.165) is 10.3 Å². The molecule has 1 saturated carbocycles. The third-order valence-electron chi connectivity index (χ3n) is 4.20. The van der Waals surface area contributed by atoms with Crippen molar-refractivity contribution in [3.63, 3.8) is 0 Å². The average molecular weight is 333 g/mol. The van der Waals surface area contributed by atoms with Gasteiger partial charge in [0.1, 0.15) is 5.82 Å². The summed E-state index contributed by atoms with van der Waals surface area (Å²) in [6, 6.07) is 8.97. The van der Waals surface area contributed by atoms with Crippen LogP contribution >= 0.6 is 15.9 Å². The zero-order valence-electron chi connectivity index (χ0n) is 11.7. The number of rotatable bonds is 2. The number of hydrogen-bond donors (Lipinski definition) is 1. The van der Waals surface area contributed by atoms with Crippen LogP contribution in [0.1, 0.15) is 44.9 Å². The van der Waals surface area contributed by atoms with Gasteiger partial charge in [0.05, 0.1) is 0 Å². The summed E-state index contributed by atoms with van der Waals surface area (Å²) in [4.78, 5) is 4.56. The molecule has 1 aromatic heterocycles. The molecule has 1 aliphatic rings. The van der Waals surface area contributed by atoms with Crippen molar-refractivity contribution < 1.29 is 0 Å². The van der Waals surface area contributed by atoms with Gasteiger partial charge in [-0.05, 0) is 25.0 Å². The zero-order chi connectivity index (χ0) is 13.8. The lowest BCUT2D eigenvalue weighted by molar-refractivity contribution is 0.471. The highest BCUT2D eigenvalue weighted by Gasteiger charge is 2.13. The largest absolute Gasteiger partial charge is 0.367 e. The van der Waals surface area contributed by atoms with E-state index >= 15 is 0 Å². The first-order valence-electron chi connectivity index (χ1n) is 7.64. The number of fused-ring (bicyclic) bond motifs is 1. The minimum atomic E-state index is 0.576. The van der Waals surface area contributed by atoms with Crippen molar-refractivity contribution in [3.05, 3.63) is 34.9 Å². The van der Waals surface area contributed by atoms with Crippen molar-refractivity contribution >= 4 is 32.5 Å². The second-order valence-corrected chi connectivity index (χ2v) is 6.54. The summed E-state index contributed by atoms with van der Waals surface area (Å²) in [5, 5.41) is 6.13.